The maximum Gasteiger partial charge on any atom is 0.252 e. The molecule has 22 heavy (non-hydrogen) atoms. The molecule has 0 aliphatic carbocycles. The second kappa shape index (κ2) is 5.43. The highest BCUT2D eigenvalue weighted by atomic mass is 79.9. The number of benzene rings is 1. The Kier molecular flexibility index (Phi) is 3.99. The first-order valence-corrected chi connectivity index (χ1v) is 9.95. The van der Waals surface area contributed by atoms with Crippen molar-refractivity contribution in [3.05, 3.63) is 39.0 Å². The average molecular weight is 424 g/mol. The number of aromatic nitrogens is 1. The molecule has 0 saturated heterocycles. The number of hydrogen-bond acceptors (Lipinski definition) is 5. The van der Waals surface area contributed by atoms with Crippen LogP contribution in [0.5, 0.6) is 0 Å². The van der Waals surface area contributed by atoms with Gasteiger partial charge in [-0.15, -0.1) is 11.8 Å². The molecule has 5 nitrogen and oxygen atoms in total. The summed E-state index contributed by atoms with van der Waals surface area (Å²) in [4.78, 5) is 0.921. The predicted octanol–water partition coefficient (Wildman–Crippen LogP) is 4.16. The Balaban J connectivity index is 2.03. The number of hydrogen-bond donors (Lipinski definition) is 1. The number of halogens is 2. The molecule has 0 saturated carbocycles. The van der Waals surface area contributed by atoms with Gasteiger partial charge >= 0.3 is 0 Å². The van der Waals surface area contributed by atoms with E-state index >= 15 is 0 Å². The molecule has 0 fully saturated rings. The Labute approximate surface area is 146 Å². The second-order valence-electron chi connectivity index (χ2n) is 5.18. The summed E-state index contributed by atoms with van der Waals surface area (Å²) in [6, 6.07) is 5.31. The average Bonchev–Trinajstić information content (AvgIpc) is 2.95. The minimum atomic E-state index is -3.75. The van der Waals surface area contributed by atoms with E-state index in [0.717, 1.165) is 4.90 Å². The quantitative estimate of drug-likeness (QED) is 0.802. The van der Waals surface area contributed by atoms with Gasteiger partial charge in [-0.25, -0.2) is 13.1 Å². The Morgan fingerprint density at radius 3 is 2.86 bits per heavy atom. The summed E-state index contributed by atoms with van der Waals surface area (Å²) >= 11 is 10.8. The fourth-order valence-corrected chi connectivity index (χ4v) is 5.88. The third kappa shape index (κ3) is 2.46. The lowest BCUT2D eigenvalue weighted by Gasteiger charge is -2.24. The summed E-state index contributed by atoms with van der Waals surface area (Å²) in [5, 5.41) is 4.25. The molecule has 1 unspecified atom stereocenters. The molecule has 1 aromatic carbocycles. The van der Waals surface area contributed by atoms with E-state index in [1.165, 1.54) is 11.8 Å². The van der Waals surface area contributed by atoms with Crippen LogP contribution < -0.4 is 4.72 Å². The molecule has 9 heteroatoms. The first-order chi connectivity index (χ1) is 10.2. The number of sulfonamides is 1. The van der Waals surface area contributed by atoms with E-state index in [-0.39, 0.29) is 5.88 Å². The Bertz CT molecular complexity index is 853. The van der Waals surface area contributed by atoms with Gasteiger partial charge in [-0.05, 0) is 53.5 Å². The van der Waals surface area contributed by atoms with Gasteiger partial charge in [-0.2, -0.15) is 0 Å². The number of aryl methyl sites for hydroxylation is 1. The fourth-order valence-electron chi connectivity index (χ4n) is 2.21. The van der Waals surface area contributed by atoms with Gasteiger partial charge in [-0.1, -0.05) is 16.8 Å². The van der Waals surface area contributed by atoms with Gasteiger partial charge in [0.1, 0.15) is 9.22 Å². The van der Waals surface area contributed by atoms with Crippen LogP contribution in [-0.2, 0) is 14.8 Å². The van der Waals surface area contributed by atoms with Gasteiger partial charge in [0.05, 0.1) is 5.69 Å². The maximum absolute atomic E-state index is 12.9. The van der Waals surface area contributed by atoms with E-state index in [1.54, 1.807) is 26.0 Å². The van der Waals surface area contributed by atoms with Crippen LogP contribution in [0.3, 0.4) is 0 Å². The summed E-state index contributed by atoms with van der Waals surface area (Å²) in [6.45, 7) is 3.40. The lowest BCUT2D eigenvalue weighted by molar-refractivity contribution is 0.429. The molecule has 1 aliphatic heterocycles. The highest BCUT2D eigenvalue weighted by Gasteiger charge is 2.47. The lowest BCUT2D eigenvalue weighted by atomic mass is 10.0. The minimum absolute atomic E-state index is 0.0826. The Hall–Kier alpha value is -0.700. The van der Waals surface area contributed by atoms with Gasteiger partial charge in [0.2, 0.25) is 10.0 Å². The molecule has 1 aliphatic rings. The van der Waals surface area contributed by atoms with Crippen molar-refractivity contribution < 1.29 is 12.9 Å². The van der Waals surface area contributed by atoms with Crippen LogP contribution >= 0.6 is 39.3 Å². The van der Waals surface area contributed by atoms with Crippen molar-refractivity contribution in [2.24, 2.45) is 0 Å². The lowest BCUT2D eigenvalue weighted by Crippen LogP contribution is -2.37. The molecule has 0 spiro atoms. The molecule has 1 N–H and O–H groups in total. The number of fused-ring (bicyclic) bond motifs is 1. The molecule has 0 bridgehead atoms. The number of anilines is 1. The van der Waals surface area contributed by atoms with Crippen molar-refractivity contribution >= 4 is 55.2 Å². The van der Waals surface area contributed by atoms with E-state index < -0.39 is 14.8 Å². The van der Waals surface area contributed by atoms with Crippen LogP contribution in [-0.4, -0.2) is 19.3 Å². The monoisotopic (exact) mass is 422 g/mol. The van der Waals surface area contributed by atoms with Crippen LogP contribution in [0.2, 0.25) is 5.02 Å². The number of nitrogens with one attached hydrogen (secondary N) is 1. The van der Waals surface area contributed by atoms with Gasteiger partial charge in [0.15, 0.2) is 0 Å². The van der Waals surface area contributed by atoms with Crippen molar-refractivity contribution in [1.29, 1.82) is 0 Å². The van der Waals surface area contributed by atoms with E-state index in [0.29, 0.717) is 26.5 Å². The van der Waals surface area contributed by atoms with Crippen molar-refractivity contribution in [2.45, 2.75) is 23.5 Å². The van der Waals surface area contributed by atoms with Gasteiger partial charge < -0.3 is 4.52 Å². The molecular formula is C13H12BrClN2O3S2. The second-order valence-corrected chi connectivity index (χ2v) is 9.54. The van der Waals surface area contributed by atoms with Crippen molar-refractivity contribution in [1.82, 2.24) is 5.16 Å². The molecular weight excluding hydrogens is 412 g/mol. The third-order valence-corrected chi connectivity index (χ3v) is 8.37. The van der Waals surface area contributed by atoms with Crippen LogP contribution in [0.25, 0.3) is 0 Å². The summed E-state index contributed by atoms with van der Waals surface area (Å²) in [6.07, 6.45) is 0. The van der Waals surface area contributed by atoms with Gasteiger partial charge in [0, 0.05) is 15.7 Å². The number of thioether (sulfide) groups is 1. The molecule has 118 valence electrons. The van der Waals surface area contributed by atoms with E-state index in [2.05, 4.69) is 25.8 Å². The Morgan fingerprint density at radius 2 is 2.23 bits per heavy atom. The predicted molar refractivity (Wildman–Crippen MR) is 91.0 cm³/mol. The van der Waals surface area contributed by atoms with Crippen molar-refractivity contribution in [3.8, 4) is 0 Å². The van der Waals surface area contributed by atoms with Crippen LogP contribution in [0.4, 0.5) is 5.88 Å². The molecule has 3 rings (SSSR count). The molecule has 1 atom stereocenters. The molecule has 2 heterocycles. The smallest absolute Gasteiger partial charge is 0.252 e. The first kappa shape index (κ1) is 16.2. The topological polar surface area (TPSA) is 72.2 Å². The molecule has 0 amide bonds. The van der Waals surface area contributed by atoms with Crippen LogP contribution in [0, 0.1) is 6.92 Å². The number of nitrogens with zero attached hydrogens (tertiary/aromatic N) is 1. The molecule has 0 radical (unpaired) electrons. The zero-order chi connectivity index (χ0) is 16.1. The van der Waals surface area contributed by atoms with Crippen molar-refractivity contribution in [3.63, 3.8) is 0 Å². The summed E-state index contributed by atoms with van der Waals surface area (Å²) < 4.78 is 32.7. The normalized spacial score (nSPS) is 20.9. The van der Waals surface area contributed by atoms with Crippen molar-refractivity contribution in [2.75, 3.05) is 10.5 Å². The third-order valence-electron chi connectivity index (χ3n) is 3.63. The molecule has 1 aromatic heterocycles. The summed E-state index contributed by atoms with van der Waals surface area (Å²) in [5.41, 5.74) is 1.27. The standard InChI is InChI=1S/C13H12BrClN2O3S2/c1-7-11(14)12(20-16-7)17-22(18,19)13(2)6-21-10-4-3-8(15)5-9(10)13/h3-5,17H,6H2,1-2H3. The summed E-state index contributed by atoms with van der Waals surface area (Å²) in [7, 11) is -3.75. The summed E-state index contributed by atoms with van der Waals surface area (Å²) in [5.74, 6) is 0.488. The zero-order valence-electron chi connectivity index (χ0n) is 11.7. The van der Waals surface area contributed by atoms with E-state index in [9.17, 15) is 8.42 Å². The SMILES string of the molecule is Cc1noc(NS(=O)(=O)C2(C)CSc3ccc(Cl)cc32)c1Br. The van der Waals surface area contributed by atoms with Crippen LogP contribution in [0.1, 0.15) is 18.2 Å². The van der Waals surface area contributed by atoms with E-state index in [1.807, 2.05) is 6.07 Å². The minimum Gasteiger partial charge on any atom is -0.336 e. The Morgan fingerprint density at radius 1 is 1.50 bits per heavy atom. The van der Waals surface area contributed by atoms with Gasteiger partial charge in [-0.3, -0.25) is 0 Å². The highest BCUT2D eigenvalue weighted by molar-refractivity contribution is 9.10. The number of rotatable bonds is 3. The maximum atomic E-state index is 12.9. The molecule has 2 aromatic rings. The van der Waals surface area contributed by atoms with Crippen LogP contribution in [0.15, 0.2) is 32.1 Å². The largest absolute Gasteiger partial charge is 0.336 e. The fraction of sp³-hybridized carbons (Fsp3) is 0.308. The zero-order valence-corrected chi connectivity index (χ0v) is 15.7. The highest BCUT2D eigenvalue weighted by Crippen LogP contribution is 2.48. The first-order valence-electron chi connectivity index (χ1n) is 6.31. The van der Waals surface area contributed by atoms with Gasteiger partial charge in [0.25, 0.3) is 5.88 Å². The van der Waals surface area contributed by atoms with E-state index in [4.69, 9.17) is 16.1 Å².